The van der Waals surface area contributed by atoms with E-state index in [1.807, 2.05) is 61.5 Å². The van der Waals surface area contributed by atoms with Crippen LogP contribution in [0.3, 0.4) is 0 Å². The highest BCUT2D eigenvalue weighted by Gasteiger charge is 2.18. The molecule has 0 spiro atoms. The number of benzene rings is 3. The zero-order valence-corrected chi connectivity index (χ0v) is 22.1. The van der Waals surface area contributed by atoms with E-state index < -0.39 is 0 Å². The van der Waals surface area contributed by atoms with Gasteiger partial charge in [-0.25, -0.2) is 4.98 Å². The maximum absolute atomic E-state index is 13.0. The summed E-state index contributed by atoms with van der Waals surface area (Å²) < 4.78 is 2.13. The molecule has 1 atom stereocenters. The van der Waals surface area contributed by atoms with Crippen LogP contribution in [0, 0.1) is 13.8 Å². The van der Waals surface area contributed by atoms with Crippen LogP contribution in [0.15, 0.2) is 91.1 Å². The molecule has 186 valence electrons. The Labute approximate surface area is 223 Å². The van der Waals surface area contributed by atoms with E-state index in [0.717, 1.165) is 33.7 Å². The summed E-state index contributed by atoms with van der Waals surface area (Å²) >= 11 is 6.16. The van der Waals surface area contributed by atoms with Crippen LogP contribution < -0.4 is 5.32 Å². The Morgan fingerprint density at radius 2 is 1.68 bits per heavy atom. The van der Waals surface area contributed by atoms with Crippen LogP contribution in [0.4, 0.5) is 0 Å². The highest BCUT2D eigenvalue weighted by atomic mass is 35.5. The first kappa shape index (κ1) is 24.8. The van der Waals surface area contributed by atoms with Crippen molar-refractivity contribution in [3.05, 3.63) is 119 Å². The van der Waals surface area contributed by atoms with Gasteiger partial charge in [0.2, 0.25) is 5.91 Å². The summed E-state index contributed by atoms with van der Waals surface area (Å²) in [7, 11) is 0. The van der Waals surface area contributed by atoms with Gasteiger partial charge in [0.05, 0.1) is 17.4 Å². The second kappa shape index (κ2) is 10.6. The fourth-order valence-corrected chi connectivity index (χ4v) is 4.87. The molecule has 0 fully saturated rings. The molecule has 4 nitrogen and oxygen atoms in total. The second-order valence-corrected chi connectivity index (χ2v) is 10.0. The lowest BCUT2D eigenvalue weighted by molar-refractivity contribution is -0.121. The summed E-state index contributed by atoms with van der Waals surface area (Å²) in [5, 5.41) is 3.82. The molecule has 5 aromatic rings. The Balaban J connectivity index is 1.50. The van der Waals surface area contributed by atoms with Crippen molar-refractivity contribution in [2.24, 2.45) is 0 Å². The summed E-state index contributed by atoms with van der Waals surface area (Å²) in [6.45, 7) is 6.25. The zero-order valence-electron chi connectivity index (χ0n) is 21.3. The third-order valence-electron chi connectivity index (χ3n) is 6.81. The molecule has 3 aromatic carbocycles. The fourth-order valence-electron chi connectivity index (χ4n) is 4.75. The summed E-state index contributed by atoms with van der Waals surface area (Å²) in [4.78, 5) is 17.9. The maximum Gasteiger partial charge on any atom is 0.220 e. The van der Waals surface area contributed by atoms with E-state index in [9.17, 15) is 4.79 Å². The van der Waals surface area contributed by atoms with Crippen molar-refractivity contribution in [2.75, 3.05) is 0 Å². The number of halogens is 1. The smallest absolute Gasteiger partial charge is 0.220 e. The molecule has 1 N–H and O–H groups in total. The number of amides is 1. The number of nitrogens with one attached hydrogen (secondary N) is 1. The van der Waals surface area contributed by atoms with Crippen molar-refractivity contribution in [1.82, 2.24) is 14.7 Å². The predicted octanol–water partition coefficient (Wildman–Crippen LogP) is 7.75. The van der Waals surface area contributed by atoms with Gasteiger partial charge in [-0.2, -0.15) is 0 Å². The number of hydrogen-bond donors (Lipinski definition) is 1. The molecule has 37 heavy (non-hydrogen) atoms. The molecule has 0 aliphatic heterocycles. The second-order valence-electron chi connectivity index (χ2n) is 9.58. The monoisotopic (exact) mass is 507 g/mol. The van der Waals surface area contributed by atoms with E-state index in [4.69, 9.17) is 16.6 Å². The van der Waals surface area contributed by atoms with Gasteiger partial charge in [-0.1, -0.05) is 77.8 Å². The van der Waals surface area contributed by atoms with Crippen molar-refractivity contribution < 1.29 is 4.79 Å². The number of aromatic nitrogens is 2. The van der Waals surface area contributed by atoms with Gasteiger partial charge in [-0.15, -0.1) is 0 Å². The lowest BCUT2D eigenvalue weighted by atomic mass is 10.00. The van der Waals surface area contributed by atoms with E-state index in [-0.39, 0.29) is 11.9 Å². The van der Waals surface area contributed by atoms with Crippen molar-refractivity contribution >= 4 is 23.2 Å². The Morgan fingerprint density at radius 1 is 0.946 bits per heavy atom. The third-order valence-corrected chi connectivity index (χ3v) is 7.06. The van der Waals surface area contributed by atoms with Crippen LogP contribution in [0.25, 0.3) is 28.0 Å². The Kier molecular flexibility index (Phi) is 7.11. The van der Waals surface area contributed by atoms with Crippen molar-refractivity contribution in [2.45, 2.75) is 39.7 Å². The van der Waals surface area contributed by atoms with E-state index in [1.165, 1.54) is 16.7 Å². The molecule has 0 aliphatic carbocycles. The molecule has 0 saturated carbocycles. The quantitative estimate of drug-likeness (QED) is 0.245. The summed E-state index contributed by atoms with van der Waals surface area (Å²) in [5.74, 6) is 0.0130. The Morgan fingerprint density at radius 3 is 2.43 bits per heavy atom. The molecule has 2 aromatic heterocycles. The minimum atomic E-state index is -0.0532. The zero-order chi connectivity index (χ0) is 25.9. The molecule has 2 heterocycles. The normalized spacial score (nSPS) is 12.0. The van der Waals surface area contributed by atoms with Gasteiger partial charge in [-0.3, -0.25) is 4.79 Å². The topological polar surface area (TPSA) is 46.4 Å². The van der Waals surface area contributed by atoms with Crippen molar-refractivity contribution in [3.63, 3.8) is 0 Å². The standard InChI is InChI=1S/C32H30ClN3O/c1-21-9-10-22(2)28(19-21)26-13-17-30-35-32(25-11-14-27(33)15-12-25)29(36(30)20-26)16-18-31(37)34-23(3)24-7-5-4-6-8-24/h4-15,17,19-20,23H,16,18H2,1-3H3,(H,34,37). The number of aryl methyl sites for hydroxylation is 3. The van der Waals surface area contributed by atoms with Crippen molar-refractivity contribution in [1.29, 1.82) is 0 Å². The number of hydrogen-bond acceptors (Lipinski definition) is 2. The lowest BCUT2D eigenvalue weighted by Crippen LogP contribution is -2.26. The number of imidazole rings is 1. The predicted molar refractivity (Wildman–Crippen MR) is 152 cm³/mol. The van der Waals surface area contributed by atoms with E-state index >= 15 is 0 Å². The number of fused-ring (bicyclic) bond motifs is 1. The van der Waals surface area contributed by atoms with Crippen molar-refractivity contribution in [3.8, 4) is 22.4 Å². The molecule has 1 unspecified atom stereocenters. The summed E-state index contributed by atoms with van der Waals surface area (Å²) in [6.07, 6.45) is 3.06. The summed E-state index contributed by atoms with van der Waals surface area (Å²) in [6, 6.07) is 28.4. The minimum absolute atomic E-state index is 0.0130. The van der Waals surface area contributed by atoms with Gasteiger partial charge in [0.15, 0.2) is 0 Å². The van der Waals surface area contributed by atoms with E-state index in [1.54, 1.807) is 0 Å². The van der Waals surface area contributed by atoms with Gasteiger partial charge in [-0.05, 0) is 73.7 Å². The fraction of sp³-hybridized carbons (Fsp3) is 0.188. The lowest BCUT2D eigenvalue weighted by Gasteiger charge is -2.14. The number of carbonyl (C=O) groups excluding carboxylic acids is 1. The van der Waals surface area contributed by atoms with Crippen LogP contribution >= 0.6 is 11.6 Å². The molecule has 0 saturated heterocycles. The Hall–Kier alpha value is -3.89. The highest BCUT2D eigenvalue weighted by molar-refractivity contribution is 6.30. The first-order valence-electron chi connectivity index (χ1n) is 12.6. The van der Waals surface area contributed by atoms with Gasteiger partial charge >= 0.3 is 0 Å². The molecule has 0 bridgehead atoms. The van der Waals surface area contributed by atoms with E-state index in [2.05, 4.69) is 60.1 Å². The molecule has 0 radical (unpaired) electrons. The third kappa shape index (κ3) is 5.45. The molecular weight excluding hydrogens is 478 g/mol. The molecular formula is C32H30ClN3O. The van der Waals surface area contributed by atoms with Crippen LogP contribution in [-0.2, 0) is 11.2 Å². The van der Waals surface area contributed by atoms with Gasteiger partial charge in [0, 0.05) is 23.2 Å². The highest BCUT2D eigenvalue weighted by Crippen LogP contribution is 2.30. The number of nitrogens with zero attached hydrogens (tertiary/aromatic N) is 2. The largest absolute Gasteiger partial charge is 0.350 e. The van der Waals surface area contributed by atoms with Crippen LogP contribution in [-0.4, -0.2) is 15.3 Å². The molecule has 0 aliphatic rings. The summed E-state index contributed by atoms with van der Waals surface area (Å²) in [5.41, 5.74) is 9.57. The van der Waals surface area contributed by atoms with E-state index in [0.29, 0.717) is 17.9 Å². The van der Waals surface area contributed by atoms with Crippen LogP contribution in [0.2, 0.25) is 5.02 Å². The first-order chi connectivity index (χ1) is 17.9. The number of carbonyl (C=O) groups is 1. The average Bonchev–Trinajstić information content (AvgIpc) is 3.27. The van der Waals surface area contributed by atoms with Gasteiger partial charge in [0.1, 0.15) is 5.65 Å². The van der Waals surface area contributed by atoms with Crippen LogP contribution in [0.5, 0.6) is 0 Å². The minimum Gasteiger partial charge on any atom is -0.350 e. The number of pyridine rings is 1. The molecule has 5 rings (SSSR count). The molecule has 5 heteroatoms. The number of rotatable bonds is 7. The Bertz CT molecular complexity index is 1560. The maximum atomic E-state index is 13.0. The SMILES string of the molecule is Cc1ccc(C)c(-c2ccc3nc(-c4ccc(Cl)cc4)c(CCC(=O)NC(C)c4ccccc4)n3c2)c1. The van der Waals surface area contributed by atoms with Gasteiger partial charge < -0.3 is 9.72 Å². The average molecular weight is 508 g/mol. The van der Waals surface area contributed by atoms with Gasteiger partial charge in [0.25, 0.3) is 0 Å². The van der Waals surface area contributed by atoms with Crippen LogP contribution in [0.1, 0.15) is 41.8 Å². The molecule has 1 amide bonds. The first-order valence-corrected chi connectivity index (χ1v) is 13.0.